The maximum absolute atomic E-state index is 8.97. The molecule has 0 aliphatic heterocycles. The Balaban J connectivity index is 2.46. The number of rotatable bonds is 2. The van der Waals surface area contributed by atoms with Crippen molar-refractivity contribution in [2.24, 2.45) is 0 Å². The highest BCUT2D eigenvalue weighted by Crippen LogP contribution is 2.36. The van der Waals surface area contributed by atoms with Crippen LogP contribution in [-0.2, 0) is 0 Å². The highest BCUT2D eigenvalue weighted by atomic mass is 79.9. The van der Waals surface area contributed by atoms with Gasteiger partial charge in [0.15, 0.2) is 0 Å². The molecule has 4 heteroatoms. The highest BCUT2D eigenvalue weighted by Gasteiger charge is 2.11. The predicted molar refractivity (Wildman–Crippen MR) is 84.0 cm³/mol. The van der Waals surface area contributed by atoms with Crippen molar-refractivity contribution in [1.82, 2.24) is 0 Å². The zero-order valence-electron chi connectivity index (χ0n) is 11.6. The summed E-state index contributed by atoms with van der Waals surface area (Å²) in [4.78, 5) is 0. The fraction of sp³-hybridized carbons (Fsp3) is 0.188. The van der Waals surface area contributed by atoms with Gasteiger partial charge in [0.2, 0.25) is 0 Å². The van der Waals surface area contributed by atoms with E-state index in [9.17, 15) is 0 Å². The maximum Gasteiger partial charge on any atom is 0.142 e. The van der Waals surface area contributed by atoms with Crippen molar-refractivity contribution in [1.29, 1.82) is 5.26 Å². The number of nitrogens with two attached hydrogens (primary N) is 1. The lowest BCUT2D eigenvalue weighted by molar-refractivity contribution is 0.472. The minimum atomic E-state index is 0.639. The van der Waals surface area contributed by atoms with E-state index in [2.05, 4.69) is 22.0 Å². The van der Waals surface area contributed by atoms with Gasteiger partial charge in [-0.25, -0.2) is 0 Å². The van der Waals surface area contributed by atoms with Crippen LogP contribution >= 0.6 is 15.9 Å². The van der Waals surface area contributed by atoms with E-state index in [1.165, 1.54) is 0 Å². The van der Waals surface area contributed by atoms with Crippen LogP contribution < -0.4 is 10.5 Å². The minimum Gasteiger partial charge on any atom is -0.456 e. The second kappa shape index (κ2) is 5.56. The Hall–Kier alpha value is -1.99. The van der Waals surface area contributed by atoms with Crippen molar-refractivity contribution in [2.45, 2.75) is 20.8 Å². The van der Waals surface area contributed by atoms with Crippen LogP contribution in [0, 0.1) is 32.1 Å². The second-order valence-corrected chi connectivity index (χ2v) is 5.65. The summed E-state index contributed by atoms with van der Waals surface area (Å²) in [6, 6.07) is 9.52. The van der Waals surface area contributed by atoms with Gasteiger partial charge in [0.25, 0.3) is 0 Å². The molecule has 0 spiro atoms. The van der Waals surface area contributed by atoms with E-state index in [0.717, 1.165) is 32.6 Å². The zero-order chi connectivity index (χ0) is 14.9. The Labute approximate surface area is 127 Å². The zero-order valence-corrected chi connectivity index (χ0v) is 13.2. The van der Waals surface area contributed by atoms with E-state index in [-0.39, 0.29) is 0 Å². The monoisotopic (exact) mass is 330 g/mol. The Kier molecular flexibility index (Phi) is 4.01. The summed E-state index contributed by atoms with van der Waals surface area (Å²) < 4.78 is 6.80. The molecule has 0 bridgehead atoms. The molecule has 20 heavy (non-hydrogen) atoms. The topological polar surface area (TPSA) is 59.0 Å². The molecule has 102 valence electrons. The number of nitrogens with zero attached hydrogens (tertiary/aromatic N) is 1. The van der Waals surface area contributed by atoms with Gasteiger partial charge >= 0.3 is 0 Å². The van der Waals surface area contributed by atoms with Crippen LogP contribution in [0.2, 0.25) is 0 Å². The van der Waals surface area contributed by atoms with Crippen LogP contribution in [0.25, 0.3) is 0 Å². The molecule has 0 atom stereocenters. The summed E-state index contributed by atoms with van der Waals surface area (Å²) >= 11 is 3.46. The first kappa shape index (κ1) is 14.4. The number of hydrogen-bond donors (Lipinski definition) is 1. The number of nitriles is 1. The van der Waals surface area contributed by atoms with Crippen LogP contribution in [0.15, 0.2) is 28.7 Å². The van der Waals surface area contributed by atoms with Crippen molar-refractivity contribution < 1.29 is 4.74 Å². The molecule has 0 amide bonds. The third-order valence-corrected chi connectivity index (χ3v) is 3.74. The minimum absolute atomic E-state index is 0.639. The summed E-state index contributed by atoms with van der Waals surface area (Å²) in [5, 5.41) is 8.97. The molecule has 0 aromatic heterocycles. The molecule has 0 aliphatic carbocycles. The lowest BCUT2D eigenvalue weighted by Gasteiger charge is -2.14. The Bertz CT molecular complexity index is 694. The Morgan fingerprint density at radius 1 is 1.05 bits per heavy atom. The third-order valence-electron chi connectivity index (χ3n) is 3.12. The molecule has 0 unspecified atom stereocenters. The van der Waals surface area contributed by atoms with Gasteiger partial charge in [-0.15, -0.1) is 0 Å². The van der Waals surface area contributed by atoms with E-state index in [0.29, 0.717) is 11.3 Å². The van der Waals surface area contributed by atoms with Gasteiger partial charge in [0, 0.05) is 5.69 Å². The predicted octanol–water partition coefficient (Wildman–Crippen LogP) is 4.62. The van der Waals surface area contributed by atoms with Gasteiger partial charge in [-0.2, -0.15) is 5.26 Å². The van der Waals surface area contributed by atoms with Crippen molar-refractivity contribution in [3.8, 4) is 17.6 Å². The normalized spacial score (nSPS) is 10.2. The Morgan fingerprint density at radius 2 is 1.65 bits per heavy atom. The Morgan fingerprint density at radius 3 is 2.20 bits per heavy atom. The molecule has 0 saturated heterocycles. The van der Waals surface area contributed by atoms with Crippen molar-refractivity contribution in [3.05, 3.63) is 51.0 Å². The van der Waals surface area contributed by atoms with E-state index < -0.39 is 0 Å². The molecule has 2 aromatic carbocycles. The van der Waals surface area contributed by atoms with Crippen molar-refractivity contribution >= 4 is 21.6 Å². The average Bonchev–Trinajstić information content (AvgIpc) is 2.39. The largest absolute Gasteiger partial charge is 0.456 e. The lowest BCUT2D eigenvalue weighted by Crippen LogP contribution is -1.96. The van der Waals surface area contributed by atoms with Gasteiger partial charge in [-0.05, 0) is 77.7 Å². The highest BCUT2D eigenvalue weighted by molar-refractivity contribution is 9.10. The first-order valence-corrected chi connectivity index (χ1v) is 6.96. The molecule has 0 saturated carbocycles. The maximum atomic E-state index is 8.97. The van der Waals surface area contributed by atoms with Crippen molar-refractivity contribution in [2.75, 3.05) is 5.73 Å². The van der Waals surface area contributed by atoms with Gasteiger partial charge in [-0.1, -0.05) is 0 Å². The van der Waals surface area contributed by atoms with Crippen molar-refractivity contribution in [3.63, 3.8) is 0 Å². The van der Waals surface area contributed by atoms with E-state index in [4.69, 9.17) is 15.7 Å². The third kappa shape index (κ3) is 2.78. The number of aryl methyl sites for hydroxylation is 3. The molecular formula is C16H15BrN2O. The van der Waals surface area contributed by atoms with Crippen LogP contribution in [0.3, 0.4) is 0 Å². The number of halogens is 1. The summed E-state index contributed by atoms with van der Waals surface area (Å²) in [5.74, 6) is 1.49. The van der Waals surface area contributed by atoms with Gasteiger partial charge in [-0.3, -0.25) is 0 Å². The van der Waals surface area contributed by atoms with E-state index in [1.807, 2.05) is 45.0 Å². The molecular weight excluding hydrogens is 316 g/mol. The number of benzene rings is 2. The quantitative estimate of drug-likeness (QED) is 0.817. The lowest BCUT2D eigenvalue weighted by atomic mass is 10.1. The molecule has 2 aromatic rings. The molecule has 0 heterocycles. The molecule has 0 fully saturated rings. The van der Waals surface area contributed by atoms with Crippen LogP contribution in [0.4, 0.5) is 5.69 Å². The van der Waals surface area contributed by atoms with Crippen LogP contribution in [0.1, 0.15) is 22.3 Å². The molecule has 0 aliphatic rings. The standard InChI is InChI=1S/C16H15BrN2O/c1-9-6-15(13(17)7-14(9)19)20-16-10(2)4-12(8-18)5-11(16)3/h4-7H,19H2,1-3H3. The SMILES string of the molecule is Cc1cc(Oc2c(C)cc(C#N)cc2C)c(Br)cc1N. The van der Waals surface area contributed by atoms with Gasteiger partial charge in [0.1, 0.15) is 11.5 Å². The first-order chi connectivity index (χ1) is 9.42. The van der Waals surface area contributed by atoms with Gasteiger partial charge < -0.3 is 10.5 Å². The van der Waals surface area contributed by atoms with Gasteiger partial charge in [0.05, 0.1) is 16.1 Å². The molecule has 2 rings (SSSR count). The fourth-order valence-electron chi connectivity index (χ4n) is 2.03. The first-order valence-electron chi connectivity index (χ1n) is 6.17. The van der Waals surface area contributed by atoms with E-state index >= 15 is 0 Å². The molecule has 0 radical (unpaired) electrons. The molecule has 2 N–H and O–H groups in total. The van der Waals surface area contributed by atoms with Crippen LogP contribution in [0.5, 0.6) is 11.5 Å². The average molecular weight is 331 g/mol. The van der Waals surface area contributed by atoms with E-state index in [1.54, 1.807) is 0 Å². The number of nitrogen functional groups attached to an aromatic ring is 1. The summed E-state index contributed by atoms with van der Waals surface area (Å²) in [6.07, 6.45) is 0. The summed E-state index contributed by atoms with van der Waals surface area (Å²) in [5.41, 5.74) is 10.0. The van der Waals surface area contributed by atoms with Crippen LogP contribution in [-0.4, -0.2) is 0 Å². The summed E-state index contributed by atoms with van der Waals surface area (Å²) in [6.45, 7) is 5.80. The number of anilines is 1. The fourth-order valence-corrected chi connectivity index (χ4v) is 2.48. The second-order valence-electron chi connectivity index (χ2n) is 4.79. The smallest absolute Gasteiger partial charge is 0.142 e. The number of hydrogen-bond acceptors (Lipinski definition) is 3. The number of ether oxygens (including phenoxy) is 1. The molecule has 3 nitrogen and oxygen atoms in total. The summed E-state index contributed by atoms with van der Waals surface area (Å²) in [7, 11) is 0.